The van der Waals surface area contributed by atoms with Gasteiger partial charge in [-0.1, -0.05) is 0 Å². The molecule has 2 unspecified atom stereocenters. The summed E-state index contributed by atoms with van der Waals surface area (Å²) in [7, 11) is 0. The Balaban J connectivity index is 1.82. The molecule has 4 saturated heterocycles. The van der Waals surface area contributed by atoms with Gasteiger partial charge in [-0.05, 0) is 0 Å². The summed E-state index contributed by atoms with van der Waals surface area (Å²) in [4.78, 5) is 4.88. The largest absolute Gasteiger partial charge is 0.263 e. The van der Waals surface area contributed by atoms with Gasteiger partial charge < -0.3 is 0 Å². The average molecular weight is 126 g/mol. The van der Waals surface area contributed by atoms with E-state index in [-0.39, 0.29) is 0 Å². The van der Waals surface area contributed by atoms with Crippen molar-refractivity contribution in [3.63, 3.8) is 0 Å². The smallest absolute Gasteiger partial charge is 0.0818 e. The van der Waals surface area contributed by atoms with Gasteiger partial charge in [-0.2, -0.15) is 0 Å². The molecule has 0 saturated carbocycles. The van der Waals surface area contributed by atoms with Gasteiger partial charge in [0, 0.05) is 0 Å². The van der Waals surface area contributed by atoms with Gasteiger partial charge >= 0.3 is 0 Å². The van der Waals surface area contributed by atoms with Crippen LogP contribution in [0.2, 0.25) is 0 Å². The van der Waals surface area contributed by atoms with Crippen LogP contribution >= 0.6 is 0 Å². The van der Waals surface area contributed by atoms with Crippen molar-refractivity contribution in [1.82, 2.24) is 19.8 Å². The minimum Gasteiger partial charge on any atom is -0.263 e. The molecule has 0 aromatic heterocycles. The quantitative estimate of drug-likeness (QED) is 0.383. The van der Waals surface area contributed by atoms with Gasteiger partial charge in [-0.3, -0.25) is 9.80 Å². The Morgan fingerprint density at radius 2 is 1.11 bits per heavy atom. The van der Waals surface area contributed by atoms with Crippen LogP contribution in [0.1, 0.15) is 0 Å². The maximum absolute atomic E-state index is 2.44. The molecule has 0 aromatic carbocycles. The van der Waals surface area contributed by atoms with Crippen molar-refractivity contribution in [2.24, 2.45) is 0 Å². The first-order chi connectivity index (χ1) is 4.42. The summed E-state index contributed by atoms with van der Waals surface area (Å²) in [5, 5.41) is 4.74. The molecule has 0 amide bonds. The summed E-state index contributed by atoms with van der Waals surface area (Å²) < 4.78 is 0. The van der Waals surface area contributed by atoms with Crippen molar-refractivity contribution in [2.75, 3.05) is 33.3 Å². The van der Waals surface area contributed by atoms with E-state index in [0.29, 0.717) is 0 Å². The predicted molar refractivity (Wildman–Crippen MR) is 31.7 cm³/mol. The van der Waals surface area contributed by atoms with Crippen LogP contribution in [0.3, 0.4) is 0 Å². The minimum atomic E-state index is 1.16. The van der Waals surface area contributed by atoms with E-state index in [1.54, 1.807) is 0 Å². The first kappa shape index (κ1) is 4.62. The average Bonchev–Trinajstić information content (AvgIpc) is 2.28. The van der Waals surface area contributed by atoms with Crippen LogP contribution < -0.4 is 0 Å². The van der Waals surface area contributed by atoms with Crippen LogP contribution in [-0.2, 0) is 0 Å². The molecule has 0 radical (unpaired) electrons. The van der Waals surface area contributed by atoms with Crippen LogP contribution in [0.25, 0.3) is 0 Å². The Hall–Kier alpha value is -0.160. The number of rotatable bonds is 0. The van der Waals surface area contributed by atoms with Crippen LogP contribution in [-0.4, -0.2) is 53.2 Å². The van der Waals surface area contributed by atoms with E-state index in [1.165, 1.54) is 20.0 Å². The van der Waals surface area contributed by atoms with Gasteiger partial charge in [0.2, 0.25) is 0 Å². The van der Waals surface area contributed by atoms with E-state index in [0.717, 1.165) is 13.3 Å². The number of hydrogen-bond acceptors (Lipinski definition) is 4. The third-order valence-electron chi connectivity index (χ3n) is 2.17. The molecule has 0 spiro atoms. The molecule has 4 nitrogen and oxygen atoms in total. The molecular formula is C5H10N4. The fourth-order valence-corrected chi connectivity index (χ4v) is 1.59. The first-order valence-corrected chi connectivity index (χ1v) is 3.36. The lowest BCUT2D eigenvalue weighted by Crippen LogP contribution is -2.55. The number of nitrogens with zero attached hydrogens (tertiary/aromatic N) is 4. The summed E-state index contributed by atoms with van der Waals surface area (Å²) in [6, 6.07) is 0. The van der Waals surface area contributed by atoms with Gasteiger partial charge in [0.1, 0.15) is 0 Å². The van der Waals surface area contributed by atoms with Crippen LogP contribution in [0.15, 0.2) is 0 Å². The number of hydrogen-bond donors (Lipinski definition) is 0. The maximum atomic E-state index is 2.44. The fourth-order valence-electron chi connectivity index (χ4n) is 1.59. The van der Waals surface area contributed by atoms with Crippen molar-refractivity contribution in [3.05, 3.63) is 0 Å². The summed E-state index contributed by atoms with van der Waals surface area (Å²) in [6.07, 6.45) is 0. The lowest BCUT2D eigenvalue weighted by molar-refractivity contribution is -0.0286. The van der Waals surface area contributed by atoms with Crippen molar-refractivity contribution in [1.29, 1.82) is 0 Å². The standard InChI is InChI=1S/C5H10N4/c1-6-2-7(1)4-9-5-8(9)3-6/h1-5H2. The molecule has 0 N–H and O–H groups in total. The van der Waals surface area contributed by atoms with E-state index in [4.69, 9.17) is 0 Å². The summed E-state index contributed by atoms with van der Waals surface area (Å²) in [5.74, 6) is 0. The third kappa shape index (κ3) is 0.561. The zero-order valence-corrected chi connectivity index (χ0v) is 5.32. The van der Waals surface area contributed by atoms with E-state index in [9.17, 15) is 0 Å². The van der Waals surface area contributed by atoms with E-state index in [2.05, 4.69) is 19.8 Å². The van der Waals surface area contributed by atoms with E-state index in [1.807, 2.05) is 0 Å². The van der Waals surface area contributed by atoms with Crippen molar-refractivity contribution in [3.8, 4) is 0 Å². The molecule has 4 rings (SSSR count). The van der Waals surface area contributed by atoms with Gasteiger partial charge in [-0.25, -0.2) is 10.0 Å². The summed E-state index contributed by atoms with van der Waals surface area (Å²) in [5.41, 5.74) is 0. The molecule has 2 bridgehead atoms. The molecule has 0 aliphatic carbocycles. The molecule has 4 heteroatoms. The molecule has 0 aromatic rings. The lowest BCUT2D eigenvalue weighted by atomic mass is 10.5. The van der Waals surface area contributed by atoms with Gasteiger partial charge in [-0.15, -0.1) is 0 Å². The van der Waals surface area contributed by atoms with Crippen LogP contribution in [0.4, 0.5) is 0 Å². The Kier molecular flexibility index (Phi) is 0.665. The molecule has 4 fully saturated rings. The lowest BCUT2D eigenvalue weighted by Gasteiger charge is -2.39. The van der Waals surface area contributed by atoms with Crippen molar-refractivity contribution in [2.45, 2.75) is 0 Å². The molecule has 4 aliphatic rings. The van der Waals surface area contributed by atoms with E-state index >= 15 is 0 Å². The summed E-state index contributed by atoms with van der Waals surface area (Å²) in [6.45, 7) is 5.89. The first-order valence-electron chi connectivity index (χ1n) is 3.36. The van der Waals surface area contributed by atoms with Crippen molar-refractivity contribution >= 4 is 0 Å². The molecule has 2 atom stereocenters. The Labute approximate surface area is 54.2 Å². The number of hydrazine groups is 1. The van der Waals surface area contributed by atoms with Gasteiger partial charge in [0.25, 0.3) is 0 Å². The van der Waals surface area contributed by atoms with Crippen LogP contribution in [0, 0.1) is 0 Å². The molecule has 4 aliphatic heterocycles. The topological polar surface area (TPSA) is 12.5 Å². The highest BCUT2D eigenvalue weighted by molar-refractivity contribution is 4.80. The monoisotopic (exact) mass is 126 g/mol. The summed E-state index contributed by atoms with van der Waals surface area (Å²) >= 11 is 0. The van der Waals surface area contributed by atoms with Gasteiger partial charge in [0.15, 0.2) is 0 Å². The second-order valence-corrected chi connectivity index (χ2v) is 3.06. The van der Waals surface area contributed by atoms with Gasteiger partial charge in [0.05, 0.1) is 33.3 Å². The zero-order chi connectivity index (χ0) is 5.84. The zero-order valence-electron chi connectivity index (χ0n) is 5.32. The Morgan fingerprint density at radius 1 is 0.556 bits per heavy atom. The van der Waals surface area contributed by atoms with Crippen molar-refractivity contribution < 1.29 is 0 Å². The Morgan fingerprint density at radius 3 is 1.67 bits per heavy atom. The second-order valence-electron chi connectivity index (χ2n) is 3.06. The fraction of sp³-hybridized carbons (Fsp3) is 1.00. The highest BCUT2D eigenvalue weighted by Gasteiger charge is 2.42. The molecule has 9 heavy (non-hydrogen) atoms. The molecular weight excluding hydrogens is 116 g/mol. The molecule has 4 heterocycles. The molecule has 50 valence electrons. The maximum Gasteiger partial charge on any atom is 0.0818 e. The predicted octanol–water partition coefficient (Wildman–Crippen LogP) is -1.06. The Bertz CT molecular complexity index is 128. The highest BCUT2D eigenvalue weighted by atomic mass is 15.9. The van der Waals surface area contributed by atoms with Crippen LogP contribution in [0.5, 0.6) is 0 Å². The highest BCUT2D eigenvalue weighted by Crippen LogP contribution is 2.24. The van der Waals surface area contributed by atoms with E-state index < -0.39 is 0 Å². The minimum absolute atomic E-state index is 1.16. The normalized spacial score (nSPS) is 61.3. The SMILES string of the molecule is C1N2CN1CN1CN1C2. The third-order valence-corrected chi connectivity index (χ3v) is 2.17. The second kappa shape index (κ2) is 1.29.